The number of non-ortho nitro benzene ring substituents is 1. The number of rotatable bonds is 7. The summed E-state index contributed by atoms with van der Waals surface area (Å²) in [5, 5.41) is 16.4. The smallest absolute Gasteiger partial charge is 0.270 e. The lowest BCUT2D eigenvalue weighted by Crippen LogP contribution is -2.42. The van der Waals surface area contributed by atoms with Gasteiger partial charge in [0.2, 0.25) is 0 Å². The van der Waals surface area contributed by atoms with Crippen molar-refractivity contribution in [3.63, 3.8) is 0 Å². The second kappa shape index (κ2) is 9.06. The summed E-state index contributed by atoms with van der Waals surface area (Å²) >= 11 is 5.04. The summed E-state index contributed by atoms with van der Waals surface area (Å²) in [4.78, 5) is 24.3. The van der Waals surface area contributed by atoms with Crippen molar-refractivity contribution in [1.29, 1.82) is 0 Å². The number of hydrogen-bond donors (Lipinski definition) is 2. The molecule has 0 aliphatic heterocycles. The Kier molecular flexibility index (Phi) is 7.41. The second-order valence-electron chi connectivity index (χ2n) is 4.54. The van der Waals surface area contributed by atoms with Crippen LogP contribution in [0.15, 0.2) is 24.3 Å². The molecule has 0 spiro atoms. The van der Waals surface area contributed by atoms with Gasteiger partial charge in [0.1, 0.15) is 0 Å². The molecule has 22 heavy (non-hydrogen) atoms. The molecule has 0 radical (unpaired) electrons. The molecule has 0 atom stereocenters. The van der Waals surface area contributed by atoms with Crippen LogP contribution < -0.4 is 10.6 Å². The number of amides is 1. The van der Waals surface area contributed by atoms with Crippen LogP contribution in [0.4, 0.5) is 5.69 Å². The van der Waals surface area contributed by atoms with Gasteiger partial charge in [0.25, 0.3) is 11.6 Å². The molecule has 8 heteroatoms. The Hall–Kier alpha value is -2.06. The van der Waals surface area contributed by atoms with E-state index < -0.39 is 10.8 Å². The number of nitro groups is 1. The van der Waals surface area contributed by atoms with E-state index in [1.54, 1.807) is 0 Å². The van der Waals surface area contributed by atoms with Crippen LogP contribution in [0.1, 0.15) is 24.2 Å². The zero-order chi connectivity index (χ0) is 16.5. The topological polar surface area (TPSA) is 87.5 Å². The molecule has 0 saturated heterocycles. The molecule has 7 nitrogen and oxygen atoms in total. The first-order valence-electron chi connectivity index (χ1n) is 7.03. The van der Waals surface area contributed by atoms with Crippen molar-refractivity contribution in [2.24, 2.45) is 0 Å². The van der Waals surface area contributed by atoms with Crippen LogP contribution in [0.25, 0.3) is 0 Å². The normalized spacial score (nSPS) is 10.3. The number of benzene rings is 1. The van der Waals surface area contributed by atoms with Crippen molar-refractivity contribution in [3.8, 4) is 0 Å². The Labute approximate surface area is 134 Å². The van der Waals surface area contributed by atoms with Gasteiger partial charge in [0.15, 0.2) is 5.11 Å². The molecule has 0 bridgehead atoms. The molecular formula is C14H20N4O3S. The highest BCUT2D eigenvalue weighted by atomic mass is 32.1. The van der Waals surface area contributed by atoms with Crippen LogP contribution in [-0.4, -0.2) is 47.0 Å². The van der Waals surface area contributed by atoms with Gasteiger partial charge in [-0.2, -0.15) is 0 Å². The summed E-state index contributed by atoms with van der Waals surface area (Å²) in [6.07, 6.45) is 0. The quantitative estimate of drug-likeness (QED) is 0.449. The third-order valence-electron chi connectivity index (χ3n) is 3.15. The predicted octanol–water partition coefficient (Wildman–Crippen LogP) is 1.54. The molecule has 1 aromatic carbocycles. The molecule has 1 amide bonds. The van der Waals surface area contributed by atoms with Crippen LogP contribution in [0.5, 0.6) is 0 Å². The molecule has 0 saturated carbocycles. The SMILES string of the molecule is CCN(CC)CCNC(=S)NC(=O)c1cccc([N+](=O)[O-])c1. The fourth-order valence-electron chi connectivity index (χ4n) is 1.85. The Morgan fingerprint density at radius 3 is 2.64 bits per heavy atom. The molecule has 0 aromatic heterocycles. The largest absolute Gasteiger partial charge is 0.361 e. The maximum absolute atomic E-state index is 12.0. The minimum atomic E-state index is -0.544. The van der Waals surface area contributed by atoms with Crippen molar-refractivity contribution < 1.29 is 9.72 Å². The van der Waals surface area contributed by atoms with Crippen molar-refractivity contribution in [2.75, 3.05) is 26.2 Å². The Morgan fingerprint density at radius 2 is 2.05 bits per heavy atom. The average molecular weight is 324 g/mol. The van der Waals surface area contributed by atoms with E-state index in [2.05, 4.69) is 29.4 Å². The highest BCUT2D eigenvalue weighted by molar-refractivity contribution is 7.80. The van der Waals surface area contributed by atoms with Crippen LogP contribution >= 0.6 is 12.2 Å². The molecule has 0 heterocycles. The van der Waals surface area contributed by atoms with Gasteiger partial charge in [-0.1, -0.05) is 19.9 Å². The number of nitro benzene ring substituents is 1. The average Bonchev–Trinajstić information content (AvgIpc) is 2.51. The number of nitrogens with one attached hydrogen (secondary N) is 2. The molecule has 120 valence electrons. The van der Waals surface area contributed by atoms with Gasteiger partial charge in [0, 0.05) is 30.8 Å². The lowest BCUT2D eigenvalue weighted by molar-refractivity contribution is -0.384. The van der Waals surface area contributed by atoms with Crippen LogP contribution in [0.3, 0.4) is 0 Å². The highest BCUT2D eigenvalue weighted by Crippen LogP contribution is 2.12. The minimum absolute atomic E-state index is 0.131. The van der Waals surface area contributed by atoms with Gasteiger partial charge in [0.05, 0.1) is 4.92 Å². The maximum atomic E-state index is 12.0. The molecule has 1 rings (SSSR count). The second-order valence-corrected chi connectivity index (χ2v) is 4.95. The third-order valence-corrected chi connectivity index (χ3v) is 3.40. The van der Waals surface area contributed by atoms with E-state index in [1.807, 2.05) is 0 Å². The summed E-state index contributed by atoms with van der Waals surface area (Å²) < 4.78 is 0. The van der Waals surface area contributed by atoms with Gasteiger partial charge in [-0.3, -0.25) is 20.2 Å². The van der Waals surface area contributed by atoms with E-state index in [0.717, 1.165) is 19.6 Å². The van der Waals surface area contributed by atoms with Crippen molar-refractivity contribution in [3.05, 3.63) is 39.9 Å². The Bertz CT molecular complexity index is 547. The summed E-state index contributed by atoms with van der Waals surface area (Å²) in [6.45, 7) is 7.49. The fourth-order valence-corrected chi connectivity index (χ4v) is 2.04. The van der Waals surface area contributed by atoms with Crippen LogP contribution in [-0.2, 0) is 0 Å². The van der Waals surface area contributed by atoms with Gasteiger partial charge in [-0.05, 0) is 31.4 Å². The number of hydrogen-bond acceptors (Lipinski definition) is 5. The van der Waals surface area contributed by atoms with Crippen molar-refractivity contribution in [1.82, 2.24) is 15.5 Å². The molecule has 0 unspecified atom stereocenters. The summed E-state index contributed by atoms with van der Waals surface area (Å²) in [5.74, 6) is -0.468. The first-order valence-corrected chi connectivity index (χ1v) is 7.44. The van der Waals surface area contributed by atoms with Gasteiger partial charge < -0.3 is 10.2 Å². The third kappa shape index (κ3) is 5.74. The zero-order valence-electron chi connectivity index (χ0n) is 12.7. The molecule has 2 N–H and O–H groups in total. The standard InChI is InChI=1S/C14H20N4O3S/c1-3-17(4-2)9-8-15-14(22)16-13(19)11-6-5-7-12(10-11)18(20)21/h5-7,10H,3-4,8-9H2,1-2H3,(H2,15,16,19,22). The maximum Gasteiger partial charge on any atom is 0.270 e. The molecule has 1 aromatic rings. The van der Waals surface area contributed by atoms with Gasteiger partial charge in [-0.25, -0.2) is 0 Å². The van der Waals surface area contributed by atoms with E-state index in [9.17, 15) is 14.9 Å². The van der Waals surface area contributed by atoms with E-state index in [0.29, 0.717) is 6.54 Å². The summed E-state index contributed by atoms with van der Waals surface area (Å²) in [5.41, 5.74) is 0.0650. The number of likely N-dealkylation sites (N-methyl/N-ethyl adjacent to an activating group) is 1. The lowest BCUT2D eigenvalue weighted by atomic mass is 10.2. The Balaban J connectivity index is 2.49. The summed E-state index contributed by atoms with van der Waals surface area (Å²) in [6, 6.07) is 5.51. The number of thiocarbonyl (C=S) groups is 1. The van der Waals surface area contributed by atoms with Crippen molar-refractivity contribution in [2.45, 2.75) is 13.8 Å². The number of nitrogens with zero attached hydrogens (tertiary/aromatic N) is 2. The van der Waals surface area contributed by atoms with E-state index in [1.165, 1.54) is 24.3 Å². The first kappa shape index (κ1) is 18.0. The molecule has 0 fully saturated rings. The number of carbonyl (C=O) groups excluding carboxylic acids is 1. The Morgan fingerprint density at radius 1 is 1.36 bits per heavy atom. The van der Waals surface area contributed by atoms with E-state index >= 15 is 0 Å². The number of carbonyl (C=O) groups is 1. The molecular weight excluding hydrogens is 304 g/mol. The lowest BCUT2D eigenvalue weighted by Gasteiger charge is -2.18. The first-order chi connectivity index (χ1) is 10.5. The van der Waals surface area contributed by atoms with Gasteiger partial charge >= 0.3 is 0 Å². The van der Waals surface area contributed by atoms with E-state index in [4.69, 9.17) is 12.2 Å². The van der Waals surface area contributed by atoms with Crippen molar-refractivity contribution >= 4 is 28.9 Å². The van der Waals surface area contributed by atoms with Crippen LogP contribution in [0.2, 0.25) is 0 Å². The monoisotopic (exact) mass is 324 g/mol. The summed E-state index contributed by atoms with van der Waals surface area (Å²) in [7, 11) is 0. The van der Waals surface area contributed by atoms with Crippen LogP contribution in [0, 0.1) is 10.1 Å². The predicted molar refractivity (Wildman–Crippen MR) is 89.0 cm³/mol. The fraction of sp³-hybridized carbons (Fsp3) is 0.429. The zero-order valence-corrected chi connectivity index (χ0v) is 13.5. The van der Waals surface area contributed by atoms with Gasteiger partial charge in [-0.15, -0.1) is 0 Å². The molecule has 0 aliphatic rings. The minimum Gasteiger partial charge on any atom is -0.361 e. The van der Waals surface area contributed by atoms with E-state index in [-0.39, 0.29) is 16.4 Å². The highest BCUT2D eigenvalue weighted by Gasteiger charge is 2.12. The molecule has 0 aliphatic carbocycles.